The van der Waals surface area contributed by atoms with Crippen molar-refractivity contribution in [2.24, 2.45) is 0 Å². The Hall–Kier alpha value is -1.67. The molecule has 2 aromatic rings. The van der Waals surface area contributed by atoms with Crippen molar-refractivity contribution in [3.8, 4) is 5.88 Å². The van der Waals surface area contributed by atoms with Crippen LogP contribution in [0.25, 0.3) is 0 Å². The van der Waals surface area contributed by atoms with Gasteiger partial charge < -0.3 is 14.8 Å². The van der Waals surface area contributed by atoms with E-state index >= 15 is 0 Å². The van der Waals surface area contributed by atoms with Gasteiger partial charge in [-0.15, -0.1) is 0 Å². The topological polar surface area (TPSA) is 74.1 Å². The Morgan fingerprint density at radius 1 is 1.37 bits per heavy atom. The molecule has 0 amide bonds. The smallest absolute Gasteiger partial charge is 0.232 e. The van der Waals surface area contributed by atoms with Crippen LogP contribution >= 0.6 is 15.9 Å². The lowest BCUT2D eigenvalue weighted by atomic mass is 10.5. The van der Waals surface area contributed by atoms with Crippen molar-refractivity contribution in [2.45, 2.75) is 6.54 Å². The number of halogens is 1. The summed E-state index contributed by atoms with van der Waals surface area (Å²) in [4.78, 5) is 8.35. The van der Waals surface area contributed by atoms with E-state index in [4.69, 9.17) is 9.47 Å². The van der Waals surface area contributed by atoms with Gasteiger partial charge in [-0.3, -0.25) is 4.68 Å². The Morgan fingerprint density at radius 2 is 2.21 bits per heavy atom. The molecule has 0 atom stereocenters. The van der Waals surface area contributed by atoms with Gasteiger partial charge >= 0.3 is 0 Å². The summed E-state index contributed by atoms with van der Waals surface area (Å²) in [6.45, 7) is 1.31. The average Bonchev–Trinajstić information content (AvgIpc) is 2.86. The molecule has 0 radical (unpaired) electrons. The molecule has 2 heterocycles. The largest absolute Gasteiger partial charge is 0.480 e. The van der Waals surface area contributed by atoms with E-state index in [2.05, 4.69) is 36.3 Å². The summed E-state index contributed by atoms with van der Waals surface area (Å²) < 4.78 is 12.6. The number of nitrogens with zero attached hydrogens (tertiary/aromatic N) is 4. The van der Waals surface area contributed by atoms with Crippen LogP contribution in [0.2, 0.25) is 0 Å². The first-order valence-electron chi connectivity index (χ1n) is 5.58. The molecule has 102 valence electrons. The predicted molar refractivity (Wildman–Crippen MR) is 73.7 cm³/mol. The molecule has 0 aliphatic carbocycles. The second kappa shape index (κ2) is 6.48. The Balaban J connectivity index is 2.06. The van der Waals surface area contributed by atoms with Crippen LogP contribution in [0.15, 0.2) is 23.1 Å². The van der Waals surface area contributed by atoms with Gasteiger partial charge in [0.25, 0.3) is 0 Å². The number of methoxy groups -OCH3 is 2. The summed E-state index contributed by atoms with van der Waals surface area (Å²) in [6.07, 6.45) is 5.19. The van der Waals surface area contributed by atoms with Crippen LogP contribution in [-0.4, -0.2) is 40.6 Å². The molecule has 0 spiro atoms. The summed E-state index contributed by atoms with van der Waals surface area (Å²) >= 11 is 3.30. The molecule has 2 rings (SSSR count). The zero-order valence-electron chi connectivity index (χ0n) is 10.6. The lowest BCUT2D eigenvalue weighted by molar-refractivity contribution is 0.183. The molecular formula is C11H14BrN5O2. The van der Waals surface area contributed by atoms with E-state index in [-0.39, 0.29) is 0 Å². The number of anilines is 2. The van der Waals surface area contributed by atoms with Crippen molar-refractivity contribution in [3.05, 3.63) is 23.1 Å². The Bertz CT molecular complexity index is 546. The Labute approximate surface area is 119 Å². The molecule has 1 N–H and O–H groups in total. The van der Waals surface area contributed by atoms with Crippen LogP contribution in [0.4, 0.5) is 11.6 Å². The maximum atomic E-state index is 5.11. The summed E-state index contributed by atoms with van der Waals surface area (Å²) in [5.41, 5.74) is 0.806. The van der Waals surface area contributed by atoms with E-state index in [9.17, 15) is 0 Å². The number of aromatic nitrogens is 4. The lowest BCUT2D eigenvalue weighted by Crippen LogP contribution is -2.04. The number of rotatable bonds is 6. The van der Waals surface area contributed by atoms with Crippen molar-refractivity contribution in [2.75, 3.05) is 26.1 Å². The average molecular weight is 328 g/mol. The van der Waals surface area contributed by atoms with E-state index < -0.39 is 0 Å². The summed E-state index contributed by atoms with van der Waals surface area (Å²) in [5, 5.41) is 7.24. The molecule has 0 saturated carbocycles. The SMILES string of the molecule is COCCn1cc(Nc2ncc(Br)c(OC)n2)cn1. The fourth-order valence-electron chi connectivity index (χ4n) is 1.42. The molecule has 0 aliphatic heterocycles. The quantitative estimate of drug-likeness (QED) is 0.872. The highest BCUT2D eigenvalue weighted by molar-refractivity contribution is 9.10. The van der Waals surface area contributed by atoms with Crippen molar-refractivity contribution >= 4 is 27.6 Å². The maximum Gasteiger partial charge on any atom is 0.232 e. The molecule has 0 bridgehead atoms. The van der Waals surface area contributed by atoms with Crippen LogP contribution in [0.1, 0.15) is 0 Å². The zero-order valence-corrected chi connectivity index (χ0v) is 12.2. The van der Waals surface area contributed by atoms with Gasteiger partial charge in [0.1, 0.15) is 0 Å². The summed E-state index contributed by atoms with van der Waals surface area (Å²) in [7, 11) is 3.21. The molecule has 7 nitrogen and oxygen atoms in total. The Morgan fingerprint density at radius 3 is 2.95 bits per heavy atom. The van der Waals surface area contributed by atoms with Crippen LogP contribution < -0.4 is 10.1 Å². The maximum absolute atomic E-state index is 5.11. The molecule has 8 heteroatoms. The van der Waals surface area contributed by atoms with Gasteiger partial charge in [-0.25, -0.2) is 4.98 Å². The van der Waals surface area contributed by atoms with Gasteiger partial charge in [0.2, 0.25) is 11.8 Å². The van der Waals surface area contributed by atoms with Gasteiger partial charge in [-0.05, 0) is 15.9 Å². The molecule has 0 aliphatic rings. The van der Waals surface area contributed by atoms with Crippen molar-refractivity contribution in [3.63, 3.8) is 0 Å². The number of hydrogen-bond acceptors (Lipinski definition) is 6. The zero-order chi connectivity index (χ0) is 13.7. The molecule has 0 saturated heterocycles. The van der Waals surface area contributed by atoms with E-state index in [0.717, 1.165) is 5.69 Å². The highest BCUT2D eigenvalue weighted by Gasteiger charge is 2.06. The van der Waals surface area contributed by atoms with Crippen LogP contribution in [0.3, 0.4) is 0 Å². The molecule has 0 unspecified atom stereocenters. The second-order valence-electron chi connectivity index (χ2n) is 3.66. The van der Waals surface area contributed by atoms with E-state index in [1.54, 1.807) is 31.3 Å². The minimum atomic E-state index is 0.450. The first kappa shape index (κ1) is 13.8. The van der Waals surface area contributed by atoms with Crippen molar-refractivity contribution in [1.82, 2.24) is 19.7 Å². The van der Waals surface area contributed by atoms with Crippen molar-refractivity contribution < 1.29 is 9.47 Å². The first-order valence-corrected chi connectivity index (χ1v) is 6.37. The predicted octanol–water partition coefficient (Wildman–Crippen LogP) is 1.83. The van der Waals surface area contributed by atoms with E-state index in [1.165, 1.54) is 0 Å². The molecule has 2 aromatic heterocycles. The monoisotopic (exact) mass is 327 g/mol. The third-order valence-corrected chi connectivity index (χ3v) is 2.86. The van der Waals surface area contributed by atoms with E-state index in [1.807, 2.05) is 6.20 Å². The second-order valence-corrected chi connectivity index (χ2v) is 4.52. The van der Waals surface area contributed by atoms with Crippen molar-refractivity contribution in [1.29, 1.82) is 0 Å². The van der Waals surface area contributed by atoms with Crippen LogP contribution in [-0.2, 0) is 11.3 Å². The fraction of sp³-hybridized carbons (Fsp3) is 0.364. The number of nitrogens with one attached hydrogen (secondary N) is 1. The molecule has 0 aromatic carbocycles. The fourth-order valence-corrected chi connectivity index (χ4v) is 1.77. The van der Waals surface area contributed by atoms with Crippen LogP contribution in [0.5, 0.6) is 5.88 Å². The minimum absolute atomic E-state index is 0.450. The molecule has 0 fully saturated rings. The highest BCUT2D eigenvalue weighted by Crippen LogP contribution is 2.23. The third-order valence-electron chi connectivity index (χ3n) is 2.32. The van der Waals surface area contributed by atoms with Gasteiger partial charge in [0.05, 0.1) is 42.8 Å². The highest BCUT2D eigenvalue weighted by atomic mass is 79.9. The normalized spacial score (nSPS) is 10.5. The number of hydrogen-bond donors (Lipinski definition) is 1. The summed E-state index contributed by atoms with van der Waals surface area (Å²) in [6, 6.07) is 0. The Kier molecular flexibility index (Phi) is 4.69. The van der Waals surface area contributed by atoms with Gasteiger partial charge in [0, 0.05) is 13.3 Å². The minimum Gasteiger partial charge on any atom is -0.480 e. The van der Waals surface area contributed by atoms with Gasteiger partial charge in [-0.2, -0.15) is 10.1 Å². The van der Waals surface area contributed by atoms with Gasteiger partial charge in [-0.1, -0.05) is 0 Å². The number of ether oxygens (including phenoxy) is 2. The third kappa shape index (κ3) is 3.65. The molecule has 19 heavy (non-hydrogen) atoms. The van der Waals surface area contributed by atoms with E-state index in [0.29, 0.717) is 29.5 Å². The molecular weight excluding hydrogens is 314 g/mol. The first-order chi connectivity index (χ1) is 9.22. The standard InChI is InChI=1S/C11H14BrN5O2/c1-18-4-3-17-7-8(5-14-17)15-11-13-6-9(12)10(16-11)19-2/h5-7H,3-4H2,1-2H3,(H,13,15,16). The van der Waals surface area contributed by atoms with Gasteiger partial charge in [0.15, 0.2) is 0 Å². The summed E-state index contributed by atoms with van der Waals surface area (Å²) in [5.74, 6) is 0.926. The van der Waals surface area contributed by atoms with Crippen LogP contribution in [0, 0.1) is 0 Å². The lowest BCUT2D eigenvalue weighted by Gasteiger charge is -2.05.